The van der Waals surface area contributed by atoms with Gasteiger partial charge in [-0.05, 0) is 143 Å². The quantitative estimate of drug-likeness (QED) is 0.480. The molecule has 3 saturated carbocycles. The highest BCUT2D eigenvalue weighted by Gasteiger charge is 2.40. The van der Waals surface area contributed by atoms with Crippen LogP contribution < -0.4 is 0 Å². The van der Waals surface area contributed by atoms with Crippen molar-refractivity contribution >= 4 is 0 Å². The topological polar surface area (TPSA) is 9.23 Å². The number of hydrogen-bond acceptors (Lipinski definition) is 1. The lowest BCUT2D eigenvalue weighted by molar-refractivity contribution is -0.0216. The van der Waals surface area contributed by atoms with Gasteiger partial charge in [-0.3, -0.25) is 0 Å². The van der Waals surface area contributed by atoms with Gasteiger partial charge in [0.05, 0.1) is 6.10 Å². The maximum absolute atomic E-state index is 14.1. The third kappa shape index (κ3) is 4.59. The van der Waals surface area contributed by atoms with Gasteiger partial charge in [-0.1, -0.05) is 6.07 Å². The molecule has 0 bridgehead atoms. The van der Waals surface area contributed by atoms with E-state index in [0.29, 0.717) is 17.6 Å². The molecule has 0 aromatic heterocycles. The first-order valence-electron chi connectivity index (χ1n) is 13.2. The molecule has 3 fully saturated rings. The van der Waals surface area contributed by atoms with Crippen LogP contribution in [0.25, 0.3) is 0 Å². The molecule has 1 aromatic carbocycles. The largest absolute Gasteiger partial charge is 0.378 e. The SMILES string of the molecule is CCOC1CCC2CC(C3CCC(C4CCc5c(ccc(F)c5F)C4)CC3)CCC2C1. The van der Waals surface area contributed by atoms with Crippen molar-refractivity contribution in [2.75, 3.05) is 6.61 Å². The van der Waals surface area contributed by atoms with Crippen LogP contribution in [0, 0.1) is 47.1 Å². The Morgan fingerprint density at radius 3 is 2.10 bits per heavy atom. The minimum Gasteiger partial charge on any atom is -0.378 e. The van der Waals surface area contributed by atoms with E-state index in [4.69, 9.17) is 4.74 Å². The van der Waals surface area contributed by atoms with Gasteiger partial charge in [0.2, 0.25) is 0 Å². The second-order valence-corrected chi connectivity index (χ2v) is 11.2. The van der Waals surface area contributed by atoms with E-state index in [0.717, 1.165) is 61.0 Å². The molecule has 1 aromatic rings. The van der Waals surface area contributed by atoms with Gasteiger partial charge in [0.25, 0.3) is 0 Å². The molecule has 0 amide bonds. The molecule has 5 rings (SSSR count). The highest BCUT2D eigenvalue weighted by Crippen LogP contribution is 2.49. The van der Waals surface area contributed by atoms with Crippen LogP contribution in [-0.2, 0) is 17.6 Å². The first-order valence-corrected chi connectivity index (χ1v) is 13.2. The first kappa shape index (κ1) is 21.9. The number of hydrogen-bond donors (Lipinski definition) is 0. The monoisotopic (exact) mass is 430 g/mol. The van der Waals surface area contributed by atoms with E-state index in [-0.39, 0.29) is 0 Å². The van der Waals surface area contributed by atoms with E-state index in [1.807, 2.05) is 6.07 Å². The zero-order valence-corrected chi connectivity index (χ0v) is 19.3. The molecule has 5 atom stereocenters. The fourth-order valence-corrected chi connectivity index (χ4v) is 8.00. The number of halogens is 2. The van der Waals surface area contributed by atoms with Gasteiger partial charge < -0.3 is 4.74 Å². The molecule has 1 nitrogen and oxygen atoms in total. The molecule has 4 aliphatic carbocycles. The van der Waals surface area contributed by atoms with E-state index in [2.05, 4.69) is 6.92 Å². The van der Waals surface area contributed by atoms with E-state index in [9.17, 15) is 8.78 Å². The van der Waals surface area contributed by atoms with Crippen molar-refractivity contribution in [2.45, 2.75) is 96.5 Å². The summed E-state index contributed by atoms with van der Waals surface area (Å²) in [5, 5.41) is 0. The number of fused-ring (bicyclic) bond motifs is 2. The predicted molar refractivity (Wildman–Crippen MR) is 121 cm³/mol. The summed E-state index contributed by atoms with van der Waals surface area (Å²) in [6.45, 7) is 3.00. The van der Waals surface area contributed by atoms with E-state index >= 15 is 0 Å². The molecule has 5 unspecified atom stereocenters. The Balaban J connectivity index is 1.12. The minimum absolute atomic E-state index is 0.531. The molecule has 4 aliphatic rings. The Morgan fingerprint density at radius 1 is 0.742 bits per heavy atom. The number of benzene rings is 1. The maximum atomic E-state index is 14.1. The van der Waals surface area contributed by atoms with Crippen molar-refractivity contribution in [3.63, 3.8) is 0 Å². The van der Waals surface area contributed by atoms with Gasteiger partial charge in [-0.2, -0.15) is 0 Å². The lowest BCUT2D eigenvalue weighted by Crippen LogP contribution is -2.37. The van der Waals surface area contributed by atoms with Gasteiger partial charge in [-0.15, -0.1) is 0 Å². The maximum Gasteiger partial charge on any atom is 0.162 e. The first-order chi connectivity index (χ1) is 15.1. The van der Waals surface area contributed by atoms with Crippen LogP contribution in [0.15, 0.2) is 12.1 Å². The molecule has 0 saturated heterocycles. The lowest BCUT2D eigenvalue weighted by Gasteiger charge is -2.46. The third-order valence-electron chi connectivity index (χ3n) is 9.70. The highest BCUT2D eigenvalue weighted by molar-refractivity contribution is 5.32. The Morgan fingerprint density at radius 2 is 1.35 bits per heavy atom. The second kappa shape index (κ2) is 9.49. The van der Waals surface area contributed by atoms with E-state index < -0.39 is 11.6 Å². The molecule has 172 valence electrons. The lowest BCUT2D eigenvalue weighted by atomic mass is 9.61. The summed E-state index contributed by atoms with van der Waals surface area (Å²) in [4.78, 5) is 0. The molecular weight excluding hydrogens is 390 g/mol. The summed E-state index contributed by atoms with van der Waals surface area (Å²) in [6, 6.07) is 3.16. The molecule has 0 heterocycles. The number of rotatable bonds is 4. The number of ether oxygens (including phenoxy) is 1. The molecule has 0 aliphatic heterocycles. The summed E-state index contributed by atoms with van der Waals surface area (Å²) in [5.41, 5.74) is 1.72. The minimum atomic E-state index is -0.682. The molecule has 0 spiro atoms. The van der Waals surface area contributed by atoms with Crippen LogP contribution in [0.5, 0.6) is 0 Å². The van der Waals surface area contributed by atoms with Crippen molar-refractivity contribution in [3.8, 4) is 0 Å². The van der Waals surface area contributed by atoms with Crippen LogP contribution in [0.3, 0.4) is 0 Å². The van der Waals surface area contributed by atoms with E-state index in [1.54, 1.807) is 0 Å². The van der Waals surface area contributed by atoms with Crippen LogP contribution in [-0.4, -0.2) is 12.7 Å². The fourth-order valence-electron chi connectivity index (χ4n) is 8.00. The zero-order chi connectivity index (χ0) is 21.4. The van der Waals surface area contributed by atoms with Crippen molar-refractivity contribution in [1.82, 2.24) is 0 Å². The highest BCUT2D eigenvalue weighted by atomic mass is 19.2. The molecule has 31 heavy (non-hydrogen) atoms. The van der Waals surface area contributed by atoms with Gasteiger partial charge >= 0.3 is 0 Å². The van der Waals surface area contributed by atoms with Crippen molar-refractivity contribution in [1.29, 1.82) is 0 Å². The van der Waals surface area contributed by atoms with Gasteiger partial charge in [0.1, 0.15) is 0 Å². The Kier molecular flexibility index (Phi) is 6.70. The molecule has 0 N–H and O–H groups in total. The standard InChI is InChI=1S/C28H40F2O/c1-2-31-25-12-9-22-15-20(7-8-23(22)17-25)18-3-5-19(6-4-18)21-10-13-26-24(16-21)11-14-27(29)28(26)30/h11,14,18-23,25H,2-10,12-13,15-17H2,1H3. The van der Waals surface area contributed by atoms with E-state index in [1.165, 1.54) is 70.3 Å². The van der Waals surface area contributed by atoms with Gasteiger partial charge in [0.15, 0.2) is 11.6 Å². The van der Waals surface area contributed by atoms with Crippen LogP contribution in [0.2, 0.25) is 0 Å². The zero-order valence-electron chi connectivity index (χ0n) is 19.3. The van der Waals surface area contributed by atoms with Crippen LogP contribution in [0.4, 0.5) is 8.78 Å². The average Bonchev–Trinajstić information content (AvgIpc) is 2.81. The van der Waals surface area contributed by atoms with Crippen molar-refractivity contribution in [2.24, 2.45) is 35.5 Å². The molecular formula is C28H40F2O. The van der Waals surface area contributed by atoms with Crippen molar-refractivity contribution < 1.29 is 13.5 Å². The fraction of sp³-hybridized carbons (Fsp3) is 0.786. The van der Waals surface area contributed by atoms with Gasteiger partial charge in [-0.25, -0.2) is 8.78 Å². The smallest absolute Gasteiger partial charge is 0.162 e. The second-order valence-electron chi connectivity index (χ2n) is 11.2. The summed E-state index contributed by atoms with van der Waals surface area (Å²) in [6.07, 6.45) is 17.1. The van der Waals surface area contributed by atoms with Crippen LogP contribution in [0.1, 0.15) is 88.7 Å². The van der Waals surface area contributed by atoms with Crippen molar-refractivity contribution in [3.05, 3.63) is 34.9 Å². The molecule has 0 radical (unpaired) electrons. The predicted octanol–water partition coefficient (Wildman–Crippen LogP) is 7.50. The Hall–Kier alpha value is -0.960. The Bertz CT molecular complexity index is 754. The summed E-state index contributed by atoms with van der Waals surface area (Å²) < 4.78 is 33.6. The average molecular weight is 431 g/mol. The summed E-state index contributed by atoms with van der Waals surface area (Å²) >= 11 is 0. The van der Waals surface area contributed by atoms with Crippen LogP contribution >= 0.6 is 0 Å². The van der Waals surface area contributed by atoms with Gasteiger partial charge in [0, 0.05) is 6.61 Å². The third-order valence-corrected chi connectivity index (χ3v) is 9.70. The molecule has 3 heteroatoms. The normalized spacial score (nSPS) is 38.4. The summed E-state index contributed by atoms with van der Waals surface area (Å²) in [7, 11) is 0. The Labute approximate surface area is 187 Å². The summed E-state index contributed by atoms with van der Waals surface area (Å²) in [5.74, 6) is 3.95.